The molecule has 0 unspecified atom stereocenters. The number of nitro benzene ring substituents is 1. The molecule has 20 heavy (non-hydrogen) atoms. The Kier molecular flexibility index (Phi) is 3.02. The van der Waals surface area contributed by atoms with Crippen molar-refractivity contribution < 1.29 is 29.1 Å². The molecule has 2 N–H and O–H groups in total. The molecule has 0 aliphatic carbocycles. The number of rotatable bonds is 3. The third-order valence-corrected chi connectivity index (χ3v) is 2.56. The predicted octanol–water partition coefficient (Wildman–Crippen LogP) is 1.11. The fraction of sp³-hybridized carbons (Fsp3) is 0.0909. The van der Waals surface area contributed by atoms with Gasteiger partial charge in [0.05, 0.1) is 12.0 Å². The van der Waals surface area contributed by atoms with Crippen LogP contribution in [0.4, 0.5) is 5.69 Å². The Bertz CT molecular complexity index is 791. The lowest BCUT2D eigenvalue weighted by Crippen LogP contribution is -2.13. The molecule has 1 heterocycles. The minimum absolute atomic E-state index is 0.0525. The largest absolute Gasteiger partial charge is 0.499 e. The van der Waals surface area contributed by atoms with E-state index in [1.807, 2.05) is 0 Å². The van der Waals surface area contributed by atoms with Crippen LogP contribution in [0, 0.1) is 10.1 Å². The first-order chi connectivity index (χ1) is 9.36. The average Bonchev–Trinajstić information content (AvgIpc) is 2.37. The zero-order valence-corrected chi connectivity index (χ0v) is 9.95. The number of phenolic OH excluding ortho intramolecular Hbond substituents is 1. The highest BCUT2D eigenvalue weighted by molar-refractivity contribution is 5.95. The van der Waals surface area contributed by atoms with E-state index in [1.54, 1.807) is 0 Å². The Labute approximate surface area is 109 Å². The van der Waals surface area contributed by atoms with Crippen LogP contribution in [-0.4, -0.2) is 28.2 Å². The number of benzene rings is 1. The number of hydrogen-bond acceptors (Lipinski definition) is 7. The first kappa shape index (κ1) is 13.3. The van der Waals surface area contributed by atoms with Gasteiger partial charge in [0.2, 0.25) is 11.5 Å². The lowest BCUT2D eigenvalue weighted by atomic mass is 10.1. The molecular weight excluding hydrogens is 274 g/mol. The molecule has 104 valence electrons. The Morgan fingerprint density at radius 1 is 1.45 bits per heavy atom. The summed E-state index contributed by atoms with van der Waals surface area (Å²) in [4.78, 5) is 32.2. The Morgan fingerprint density at radius 2 is 2.10 bits per heavy atom. The van der Waals surface area contributed by atoms with E-state index in [4.69, 9.17) is 14.3 Å². The van der Waals surface area contributed by atoms with Gasteiger partial charge in [-0.05, 0) is 6.07 Å². The second kappa shape index (κ2) is 4.53. The molecule has 0 saturated carbocycles. The maximum absolute atomic E-state index is 11.5. The first-order valence-corrected chi connectivity index (χ1v) is 5.12. The van der Waals surface area contributed by atoms with Crippen molar-refractivity contribution >= 4 is 22.6 Å². The molecule has 0 fully saturated rings. The molecule has 0 saturated heterocycles. The number of ether oxygens (including phenoxy) is 1. The monoisotopic (exact) mass is 281 g/mol. The van der Waals surface area contributed by atoms with E-state index < -0.39 is 39.3 Å². The highest BCUT2D eigenvalue weighted by atomic mass is 16.6. The predicted molar refractivity (Wildman–Crippen MR) is 64.3 cm³/mol. The number of carboxylic acids is 1. The maximum Gasteiger partial charge on any atom is 0.351 e. The molecule has 9 heteroatoms. The van der Waals surface area contributed by atoms with E-state index in [-0.39, 0.29) is 11.0 Å². The van der Waals surface area contributed by atoms with Crippen molar-refractivity contribution in [3.8, 4) is 11.5 Å². The third-order valence-electron chi connectivity index (χ3n) is 2.56. The van der Waals surface area contributed by atoms with Crippen LogP contribution in [0.25, 0.3) is 11.0 Å². The highest BCUT2D eigenvalue weighted by Gasteiger charge is 2.25. The summed E-state index contributed by atoms with van der Waals surface area (Å²) in [5, 5.41) is 29.2. The van der Waals surface area contributed by atoms with Gasteiger partial charge < -0.3 is 19.4 Å². The molecule has 9 nitrogen and oxygen atoms in total. The summed E-state index contributed by atoms with van der Waals surface area (Å²) in [6.07, 6.45) is 0. The number of fused-ring (bicyclic) bond motifs is 1. The molecule has 0 spiro atoms. The molecule has 0 aliphatic heterocycles. The van der Waals surface area contributed by atoms with Gasteiger partial charge in [0, 0.05) is 11.5 Å². The molecular formula is C11H7NO8. The maximum atomic E-state index is 11.5. The van der Waals surface area contributed by atoms with Crippen molar-refractivity contribution in [1.29, 1.82) is 0 Å². The van der Waals surface area contributed by atoms with Gasteiger partial charge >= 0.3 is 17.3 Å². The van der Waals surface area contributed by atoms with E-state index in [0.717, 1.165) is 19.2 Å². The van der Waals surface area contributed by atoms with Gasteiger partial charge in [-0.3, -0.25) is 10.1 Å². The SMILES string of the molecule is COc1c(O)c([N+](=O)[O-])cc2cc(C(=O)O)c(=O)oc12. The number of nitrogens with zero attached hydrogens (tertiary/aromatic N) is 1. The van der Waals surface area contributed by atoms with Gasteiger partial charge in [-0.15, -0.1) is 0 Å². The number of phenols is 1. The summed E-state index contributed by atoms with van der Waals surface area (Å²) in [6.45, 7) is 0. The van der Waals surface area contributed by atoms with Crippen molar-refractivity contribution in [1.82, 2.24) is 0 Å². The molecule has 2 rings (SSSR count). The van der Waals surface area contributed by atoms with Gasteiger partial charge in [0.25, 0.3) is 0 Å². The second-order valence-electron chi connectivity index (χ2n) is 3.71. The van der Waals surface area contributed by atoms with Crippen LogP contribution in [0.15, 0.2) is 21.3 Å². The molecule has 0 aliphatic rings. The molecule has 1 aromatic carbocycles. The van der Waals surface area contributed by atoms with E-state index in [1.165, 1.54) is 0 Å². The lowest BCUT2D eigenvalue weighted by Gasteiger charge is -2.07. The number of carbonyl (C=O) groups is 1. The van der Waals surface area contributed by atoms with Crippen LogP contribution in [0.2, 0.25) is 0 Å². The quantitative estimate of drug-likeness (QED) is 0.484. The van der Waals surface area contributed by atoms with Crippen LogP contribution in [0.3, 0.4) is 0 Å². The number of aromatic carboxylic acids is 1. The molecule has 0 atom stereocenters. The van der Waals surface area contributed by atoms with Gasteiger partial charge in [-0.25, -0.2) is 9.59 Å². The van der Waals surface area contributed by atoms with E-state index in [2.05, 4.69) is 0 Å². The standard InChI is InChI=1S/C11H7NO8/c1-19-9-7(13)6(12(17)18)3-4-2-5(10(14)15)11(16)20-8(4)9/h2-3,13H,1H3,(H,14,15). The van der Waals surface area contributed by atoms with Crippen molar-refractivity contribution in [2.24, 2.45) is 0 Å². The van der Waals surface area contributed by atoms with Crippen molar-refractivity contribution in [3.63, 3.8) is 0 Å². The Morgan fingerprint density at radius 3 is 2.60 bits per heavy atom. The number of carboxylic acid groups (broad SMARTS) is 1. The number of aromatic hydroxyl groups is 1. The minimum atomic E-state index is -1.53. The summed E-state index contributed by atoms with van der Waals surface area (Å²) >= 11 is 0. The van der Waals surface area contributed by atoms with Gasteiger partial charge in [0.15, 0.2) is 5.58 Å². The zero-order chi connectivity index (χ0) is 15.0. The summed E-state index contributed by atoms with van der Waals surface area (Å²) in [7, 11) is 1.11. The third kappa shape index (κ3) is 1.90. The summed E-state index contributed by atoms with van der Waals surface area (Å²) in [6, 6.07) is 1.81. The Hall–Kier alpha value is -3.10. The van der Waals surface area contributed by atoms with Gasteiger partial charge in [-0.1, -0.05) is 0 Å². The summed E-state index contributed by atoms with van der Waals surface area (Å²) in [5.41, 5.74) is -2.80. The summed E-state index contributed by atoms with van der Waals surface area (Å²) < 4.78 is 9.52. The van der Waals surface area contributed by atoms with Crippen LogP contribution < -0.4 is 10.4 Å². The van der Waals surface area contributed by atoms with Crippen molar-refractivity contribution in [2.45, 2.75) is 0 Å². The molecule has 2 aromatic rings. The highest BCUT2D eigenvalue weighted by Crippen LogP contribution is 2.41. The zero-order valence-electron chi connectivity index (χ0n) is 9.95. The topological polar surface area (TPSA) is 140 Å². The van der Waals surface area contributed by atoms with Gasteiger partial charge in [0.1, 0.15) is 5.56 Å². The van der Waals surface area contributed by atoms with Crippen LogP contribution >= 0.6 is 0 Å². The number of hydrogen-bond donors (Lipinski definition) is 2. The lowest BCUT2D eigenvalue weighted by molar-refractivity contribution is -0.385. The fourth-order valence-electron chi connectivity index (χ4n) is 1.69. The van der Waals surface area contributed by atoms with Gasteiger partial charge in [-0.2, -0.15) is 0 Å². The minimum Gasteiger partial charge on any atom is -0.499 e. The number of nitro groups is 1. The van der Waals surface area contributed by atoms with Crippen LogP contribution in [0.1, 0.15) is 10.4 Å². The Balaban J connectivity index is 2.96. The fourth-order valence-corrected chi connectivity index (χ4v) is 1.69. The average molecular weight is 281 g/mol. The molecule has 0 amide bonds. The molecule has 0 bridgehead atoms. The normalized spacial score (nSPS) is 10.4. The van der Waals surface area contributed by atoms with E-state index in [0.29, 0.717) is 0 Å². The smallest absolute Gasteiger partial charge is 0.351 e. The number of methoxy groups -OCH3 is 1. The summed E-state index contributed by atoms with van der Waals surface area (Å²) in [5.74, 6) is -2.75. The van der Waals surface area contributed by atoms with Crippen molar-refractivity contribution in [3.05, 3.63) is 38.2 Å². The van der Waals surface area contributed by atoms with Crippen LogP contribution in [-0.2, 0) is 0 Å². The molecule has 1 aromatic heterocycles. The van der Waals surface area contributed by atoms with Crippen molar-refractivity contribution in [2.75, 3.05) is 7.11 Å². The first-order valence-electron chi connectivity index (χ1n) is 5.12. The van der Waals surface area contributed by atoms with E-state index in [9.17, 15) is 24.8 Å². The molecule has 0 radical (unpaired) electrons. The van der Waals surface area contributed by atoms with E-state index >= 15 is 0 Å². The second-order valence-corrected chi connectivity index (χ2v) is 3.71. The van der Waals surface area contributed by atoms with Crippen LogP contribution in [0.5, 0.6) is 11.5 Å².